The summed E-state index contributed by atoms with van der Waals surface area (Å²) in [7, 11) is 3.95. The Labute approximate surface area is 138 Å². The number of carbonyl (C=O) groups excluding carboxylic acids is 1. The quantitative estimate of drug-likeness (QED) is 0.782. The second-order valence-electron chi connectivity index (χ2n) is 5.70. The molecule has 0 atom stereocenters. The highest BCUT2D eigenvalue weighted by Crippen LogP contribution is 2.15. The first-order valence-corrected chi connectivity index (χ1v) is 7.59. The van der Waals surface area contributed by atoms with Gasteiger partial charge in [-0.1, -0.05) is 12.1 Å². The van der Waals surface area contributed by atoms with Crippen molar-refractivity contribution in [3.05, 3.63) is 54.0 Å². The minimum Gasteiger partial charge on any atom is -0.378 e. The van der Waals surface area contributed by atoms with Gasteiger partial charge >= 0.3 is 0 Å². The third-order valence-electron chi connectivity index (χ3n) is 3.61. The number of pyridine rings is 1. The van der Waals surface area contributed by atoms with E-state index in [1.165, 1.54) is 22.8 Å². The van der Waals surface area contributed by atoms with E-state index < -0.39 is 5.82 Å². The molecule has 0 aliphatic heterocycles. The van der Waals surface area contributed by atoms with Gasteiger partial charge in [0.2, 0.25) is 11.9 Å². The zero-order valence-electron chi connectivity index (χ0n) is 13.5. The molecule has 124 valence electrons. The molecule has 0 fully saturated rings. The van der Waals surface area contributed by atoms with E-state index in [1.54, 1.807) is 0 Å². The number of hydrogen-bond donors (Lipinski definition) is 1. The molecule has 0 unspecified atom stereocenters. The van der Waals surface area contributed by atoms with Crippen LogP contribution in [-0.2, 0) is 11.2 Å². The minimum absolute atomic E-state index is 0.174. The number of halogens is 1. The van der Waals surface area contributed by atoms with Crippen LogP contribution in [-0.4, -0.2) is 34.6 Å². The van der Waals surface area contributed by atoms with Gasteiger partial charge in [0.15, 0.2) is 5.65 Å². The highest BCUT2D eigenvalue weighted by molar-refractivity contribution is 5.89. The number of nitrogens with zero attached hydrogens (tertiary/aromatic N) is 4. The van der Waals surface area contributed by atoms with Gasteiger partial charge < -0.3 is 4.90 Å². The molecule has 3 aromatic rings. The Morgan fingerprint density at radius 2 is 2.12 bits per heavy atom. The summed E-state index contributed by atoms with van der Waals surface area (Å²) in [6.45, 7) is 0. The van der Waals surface area contributed by atoms with E-state index in [4.69, 9.17) is 0 Å². The van der Waals surface area contributed by atoms with Crippen LogP contribution in [0.2, 0.25) is 0 Å². The highest BCUT2D eigenvalue weighted by Gasteiger charge is 2.09. The van der Waals surface area contributed by atoms with Gasteiger partial charge in [-0.25, -0.2) is 8.91 Å². The van der Waals surface area contributed by atoms with Crippen LogP contribution in [0.1, 0.15) is 12.0 Å². The predicted molar refractivity (Wildman–Crippen MR) is 90.7 cm³/mol. The molecule has 0 radical (unpaired) electrons. The van der Waals surface area contributed by atoms with Crippen molar-refractivity contribution in [2.24, 2.45) is 0 Å². The second-order valence-corrected chi connectivity index (χ2v) is 5.70. The fraction of sp³-hybridized carbons (Fsp3) is 0.235. The number of benzene rings is 1. The maximum atomic E-state index is 13.1. The van der Waals surface area contributed by atoms with Crippen LogP contribution in [0, 0.1) is 5.82 Å². The molecule has 0 aliphatic carbocycles. The average molecular weight is 327 g/mol. The van der Waals surface area contributed by atoms with E-state index in [0.717, 1.165) is 11.3 Å². The van der Waals surface area contributed by atoms with Crippen molar-refractivity contribution in [1.82, 2.24) is 14.6 Å². The number of carbonyl (C=O) groups is 1. The SMILES string of the molecule is CN(C)c1cccc(CCC(=O)Nc2nc3ccc(F)cn3n2)c1. The normalized spacial score (nSPS) is 10.8. The van der Waals surface area contributed by atoms with E-state index in [2.05, 4.69) is 21.5 Å². The molecule has 3 rings (SSSR count). The lowest BCUT2D eigenvalue weighted by molar-refractivity contribution is -0.116. The third-order valence-corrected chi connectivity index (χ3v) is 3.61. The fourth-order valence-electron chi connectivity index (χ4n) is 2.35. The summed E-state index contributed by atoms with van der Waals surface area (Å²) < 4.78 is 14.4. The Bertz CT molecular complexity index is 874. The Balaban J connectivity index is 1.61. The minimum atomic E-state index is -0.411. The van der Waals surface area contributed by atoms with Crippen LogP contribution < -0.4 is 10.2 Å². The molecule has 0 spiro atoms. The maximum absolute atomic E-state index is 13.1. The number of hydrogen-bond acceptors (Lipinski definition) is 4. The van der Waals surface area contributed by atoms with Gasteiger partial charge in [0.25, 0.3) is 0 Å². The van der Waals surface area contributed by atoms with Crippen LogP contribution >= 0.6 is 0 Å². The number of rotatable bonds is 5. The molecule has 1 aromatic carbocycles. The van der Waals surface area contributed by atoms with Gasteiger partial charge in [0.05, 0.1) is 6.20 Å². The second kappa shape index (κ2) is 6.66. The summed E-state index contributed by atoms with van der Waals surface area (Å²) in [6.07, 6.45) is 2.15. The van der Waals surface area contributed by atoms with Gasteiger partial charge in [-0.15, -0.1) is 5.10 Å². The first kappa shape index (κ1) is 15.9. The summed E-state index contributed by atoms with van der Waals surface area (Å²) in [5.74, 6) is -0.416. The largest absolute Gasteiger partial charge is 0.378 e. The topological polar surface area (TPSA) is 62.5 Å². The monoisotopic (exact) mass is 327 g/mol. The first-order valence-electron chi connectivity index (χ1n) is 7.59. The molecule has 24 heavy (non-hydrogen) atoms. The number of aryl methyl sites for hydroxylation is 1. The van der Waals surface area contributed by atoms with Crippen LogP contribution in [0.5, 0.6) is 0 Å². The lowest BCUT2D eigenvalue weighted by Gasteiger charge is -2.13. The van der Waals surface area contributed by atoms with E-state index >= 15 is 0 Å². The number of amides is 1. The van der Waals surface area contributed by atoms with Crippen molar-refractivity contribution in [3.63, 3.8) is 0 Å². The Morgan fingerprint density at radius 1 is 1.29 bits per heavy atom. The van der Waals surface area contributed by atoms with Crippen molar-refractivity contribution in [1.29, 1.82) is 0 Å². The molecular formula is C17H18FN5O. The summed E-state index contributed by atoms with van der Waals surface area (Å²) in [6, 6.07) is 10.8. The van der Waals surface area contributed by atoms with Crippen molar-refractivity contribution >= 4 is 23.2 Å². The Kier molecular flexibility index (Phi) is 4.41. The molecule has 2 aromatic heterocycles. The smallest absolute Gasteiger partial charge is 0.249 e. The molecule has 0 bridgehead atoms. The molecule has 0 aliphatic rings. The average Bonchev–Trinajstić information content (AvgIpc) is 2.94. The number of nitrogens with one attached hydrogen (secondary N) is 1. The number of anilines is 2. The third kappa shape index (κ3) is 3.68. The van der Waals surface area contributed by atoms with Gasteiger partial charge in [-0.3, -0.25) is 10.1 Å². The molecular weight excluding hydrogens is 309 g/mol. The van der Waals surface area contributed by atoms with Gasteiger partial charge in [0.1, 0.15) is 5.82 Å². The molecule has 2 heterocycles. The van der Waals surface area contributed by atoms with Crippen molar-refractivity contribution < 1.29 is 9.18 Å². The lowest BCUT2D eigenvalue weighted by Crippen LogP contribution is -2.14. The van der Waals surface area contributed by atoms with E-state index in [9.17, 15) is 9.18 Å². The van der Waals surface area contributed by atoms with E-state index in [1.807, 2.05) is 37.2 Å². The number of fused-ring (bicyclic) bond motifs is 1. The summed E-state index contributed by atoms with van der Waals surface area (Å²) >= 11 is 0. The molecule has 1 N–H and O–H groups in total. The van der Waals surface area contributed by atoms with E-state index in [-0.39, 0.29) is 11.9 Å². The molecule has 7 heteroatoms. The zero-order valence-corrected chi connectivity index (χ0v) is 13.5. The van der Waals surface area contributed by atoms with Gasteiger partial charge in [-0.05, 0) is 36.2 Å². The predicted octanol–water partition coefficient (Wildman–Crippen LogP) is 2.51. The van der Waals surface area contributed by atoms with Crippen LogP contribution in [0.3, 0.4) is 0 Å². The Hall–Kier alpha value is -2.96. The van der Waals surface area contributed by atoms with Gasteiger partial charge in [0, 0.05) is 26.2 Å². The van der Waals surface area contributed by atoms with Crippen molar-refractivity contribution in [2.45, 2.75) is 12.8 Å². The highest BCUT2D eigenvalue weighted by atomic mass is 19.1. The Morgan fingerprint density at radius 3 is 2.92 bits per heavy atom. The van der Waals surface area contributed by atoms with Crippen molar-refractivity contribution in [3.8, 4) is 0 Å². The van der Waals surface area contributed by atoms with Crippen LogP contribution in [0.4, 0.5) is 16.0 Å². The van der Waals surface area contributed by atoms with Crippen LogP contribution in [0.25, 0.3) is 5.65 Å². The first-order chi connectivity index (χ1) is 11.5. The maximum Gasteiger partial charge on any atom is 0.249 e. The lowest BCUT2D eigenvalue weighted by atomic mass is 10.1. The molecule has 6 nitrogen and oxygen atoms in total. The molecule has 0 saturated carbocycles. The standard InChI is InChI=1S/C17H18FN5O/c1-22(2)14-5-3-4-12(10-14)6-9-16(24)20-17-19-15-8-7-13(18)11-23(15)21-17/h3-5,7-8,10-11H,6,9H2,1-2H3,(H,20,21,24). The van der Waals surface area contributed by atoms with Crippen LogP contribution in [0.15, 0.2) is 42.6 Å². The van der Waals surface area contributed by atoms with Crippen molar-refractivity contribution in [2.75, 3.05) is 24.3 Å². The van der Waals surface area contributed by atoms with Gasteiger partial charge in [-0.2, -0.15) is 4.98 Å². The number of aromatic nitrogens is 3. The summed E-state index contributed by atoms with van der Waals surface area (Å²) in [5.41, 5.74) is 2.66. The van der Waals surface area contributed by atoms with E-state index in [0.29, 0.717) is 18.5 Å². The molecule has 0 saturated heterocycles. The zero-order chi connectivity index (χ0) is 17.1. The fourth-order valence-corrected chi connectivity index (χ4v) is 2.35. The summed E-state index contributed by atoms with van der Waals surface area (Å²) in [5, 5.41) is 6.68. The summed E-state index contributed by atoms with van der Waals surface area (Å²) in [4.78, 5) is 18.2. The molecule has 1 amide bonds.